The Labute approximate surface area is 123 Å². The van der Waals surface area contributed by atoms with Crippen LogP contribution in [-0.2, 0) is 0 Å². The SMILES string of the molecule is N#Cc1ccc(C(=O)N/N=C/c2ccc([N+](=O)[O-])s2)cc1. The molecular weight excluding hydrogens is 292 g/mol. The Morgan fingerprint density at radius 2 is 2.05 bits per heavy atom. The summed E-state index contributed by atoms with van der Waals surface area (Å²) in [7, 11) is 0. The maximum atomic E-state index is 11.7. The minimum atomic E-state index is -0.489. The lowest BCUT2D eigenvalue weighted by Gasteiger charge is -1.98. The van der Waals surface area contributed by atoms with Gasteiger partial charge >= 0.3 is 5.00 Å². The van der Waals surface area contributed by atoms with Crippen molar-refractivity contribution < 1.29 is 9.72 Å². The van der Waals surface area contributed by atoms with Crippen LogP contribution in [0.2, 0.25) is 0 Å². The van der Waals surface area contributed by atoms with Crippen LogP contribution in [0.15, 0.2) is 41.5 Å². The Morgan fingerprint density at radius 1 is 1.33 bits per heavy atom. The van der Waals surface area contributed by atoms with Crippen LogP contribution in [-0.4, -0.2) is 17.0 Å². The molecule has 0 saturated carbocycles. The Kier molecular flexibility index (Phi) is 4.38. The van der Waals surface area contributed by atoms with Crippen molar-refractivity contribution in [1.29, 1.82) is 5.26 Å². The molecule has 0 fully saturated rings. The zero-order valence-corrected chi connectivity index (χ0v) is 11.3. The van der Waals surface area contributed by atoms with Gasteiger partial charge in [-0.25, -0.2) is 5.43 Å². The molecule has 1 amide bonds. The van der Waals surface area contributed by atoms with E-state index in [0.29, 0.717) is 16.0 Å². The summed E-state index contributed by atoms with van der Waals surface area (Å²) in [5.74, 6) is -0.429. The van der Waals surface area contributed by atoms with Gasteiger partial charge in [0.25, 0.3) is 5.91 Å². The highest BCUT2D eigenvalue weighted by atomic mass is 32.1. The number of hydrogen-bond donors (Lipinski definition) is 1. The summed E-state index contributed by atoms with van der Waals surface area (Å²) in [5, 5.41) is 22.9. The van der Waals surface area contributed by atoms with Crippen molar-refractivity contribution in [3.63, 3.8) is 0 Å². The highest BCUT2D eigenvalue weighted by Gasteiger charge is 2.08. The van der Waals surface area contributed by atoms with Crippen LogP contribution < -0.4 is 5.43 Å². The maximum absolute atomic E-state index is 11.7. The van der Waals surface area contributed by atoms with Gasteiger partial charge in [-0.3, -0.25) is 14.9 Å². The van der Waals surface area contributed by atoms with Gasteiger partial charge in [-0.05, 0) is 30.3 Å². The highest BCUT2D eigenvalue weighted by molar-refractivity contribution is 7.16. The Bertz CT molecular complexity index is 744. The molecule has 0 unspecified atom stereocenters. The van der Waals surface area contributed by atoms with E-state index in [1.165, 1.54) is 36.5 Å². The van der Waals surface area contributed by atoms with Gasteiger partial charge in [-0.2, -0.15) is 10.4 Å². The molecule has 1 aromatic heterocycles. The molecule has 2 aromatic rings. The number of hydrogen-bond acceptors (Lipinski definition) is 6. The lowest BCUT2D eigenvalue weighted by Crippen LogP contribution is -2.17. The van der Waals surface area contributed by atoms with Crippen LogP contribution in [0.1, 0.15) is 20.8 Å². The van der Waals surface area contributed by atoms with Gasteiger partial charge in [0, 0.05) is 11.6 Å². The molecule has 0 aliphatic rings. The fourth-order valence-corrected chi connectivity index (χ4v) is 2.12. The minimum Gasteiger partial charge on any atom is -0.267 e. The first-order valence-electron chi connectivity index (χ1n) is 5.68. The lowest BCUT2D eigenvalue weighted by atomic mass is 10.1. The molecule has 7 nitrogen and oxygen atoms in total. The average Bonchev–Trinajstić information content (AvgIpc) is 2.96. The third-order valence-corrected chi connectivity index (χ3v) is 3.40. The van der Waals surface area contributed by atoms with Crippen molar-refractivity contribution in [2.75, 3.05) is 0 Å². The van der Waals surface area contributed by atoms with Crippen molar-refractivity contribution in [3.05, 3.63) is 62.5 Å². The lowest BCUT2D eigenvalue weighted by molar-refractivity contribution is -0.380. The number of amides is 1. The molecule has 0 saturated heterocycles. The molecule has 0 aliphatic heterocycles. The zero-order valence-electron chi connectivity index (χ0n) is 10.5. The highest BCUT2D eigenvalue weighted by Crippen LogP contribution is 2.22. The smallest absolute Gasteiger partial charge is 0.267 e. The van der Waals surface area contributed by atoms with Crippen molar-refractivity contribution in [2.45, 2.75) is 0 Å². The summed E-state index contributed by atoms with van der Waals surface area (Å²) >= 11 is 0.958. The standard InChI is InChI=1S/C13H8N4O3S/c14-7-9-1-3-10(4-2-9)13(18)16-15-8-11-5-6-12(21-11)17(19)20/h1-6,8H,(H,16,18)/b15-8+. The quantitative estimate of drug-likeness (QED) is 0.530. The van der Waals surface area contributed by atoms with Gasteiger partial charge in [-0.15, -0.1) is 0 Å². The summed E-state index contributed by atoms with van der Waals surface area (Å²) in [6, 6.07) is 11.0. The molecule has 8 heteroatoms. The zero-order chi connectivity index (χ0) is 15.2. The van der Waals surface area contributed by atoms with Crippen LogP contribution >= 0.6 is 11.3 Å². The summed E-state index contributed by atoms with van der Waals surface area (Å²) < 4.78 is 0. The second-order valence-corrected chi connectivity index (χ2v) is 4.92. The van der Waals surface area contributed by atoms with Gasteiger partial charge in [-0.1, -0.05) is 11.3 Å². The number of carbonyl (C=O) groups is 1. The molecule has 21 heavy (non-hydrogen) atoms. The summed E-state index contributed by atoms with van der Waals surface area (Å²) in [6.45, 7) is 0. The van der Waals surface area contributed by atoms with E-state index in [1.54, 1.807) is 6.07 Å². The maximum Gasteiger partial charge on any atom is 0.324 e. The van der Waals surface area contributed by atoms with E-state index < -0.39 is 10.8 Å². The Hall–Kier alpha value is -3.05. The summed E-state index contributed by atoms with van der Waals surface area (Å²) in [5.41, 5.74) is 3.13. The van der Waals surface area contributed by atoms with Crippen LogP contribution in [0.25, 0.3) is 0 Å². The number of nitro groups is 1. The number of hydrazone groups is 1. The molecule has 1 N–H and O–H groups in total. The van der Waals surface area contributed by atoms with Crippen molar-refractivity contribution >= 4 is 28.5 Å². The number of nitriles is 1. The molecule has 104 valence electrons. The Morgan fingerprint density at radius 3 is 2.62 bits per heavy atom. The third-order valence-electron chi connectivity index (χ3n) is 2.43. The number of thiophene rings is 1. The van der Waals surface area contributed by atoms with Crippen molar-refractivity contribution in [1.82, 2.24) is 5.43 Å². The average molecular weight is 300 g/mol. The van der Waals surface area contributed by atoms with Crippen LogP contribution in [0.5, 0.6) is 0 Å². The van der Waals surface area contributed by atoms with Crippen LogP contribution in [0, 0.1) is 21.4 Å². The van der Waals surface area contributed by atoms with Crippen molar-refractivity contribution in [3.8, 4) is 6.07 Å². The number of benzene rings is 1. The third kappa shape index (κ3) is 3.71. The first-order valence-corrected chi connectivity index (χ1v) is 6.49. The molecule has 0 aliphatic carbocycles. The number of nitrogens with zero attached hydrogens (tertiary/aromatic N) is 3. The minimum absolute atomic E-state index is 0.00914. The molecule has 2 rings (SSSR count). The molecule has 0 radical (unpaired) electrons. The predicted molar refractivity (Wildman–Crippen MR) is 77.2 cm³/mol. The largest absolute Gasteiger partial charge is 0.324 e. The van der Waals surface area contributed by atoms with Crippen molar-refractivity contribution in [2.24, 2.45) is 5.10 Å². The first kappa shape index (κ1) is 14.4. The molecule has 1 aromatic carbocycles. The molecule has 0 spiro atoms. The summed E-state index contributed by atoms with van der Waals surface area (Å²) in [6.07, 6.45) is 1.33. The Balaban J connectivity index is 1.97. The molecule has 1 heterocycles. The normalized spacial score (nSPS) is 10.2. The van der Waals surface area contributed by atoms with E-state index in [4.69, 9.17) is 5.26 Å². The van der Waals surface area contributed by atoms with Gasteiger partial charge in [0.2, 0.25) is 0 Å². The van der Waals surface area contributed by atoms with E-state index in [2.05, 4.69) is 10.5 Å². The van der Waals surface area contributed by atoms with E-state index >= 15 is 0 Å². The number of rotatable bonds is 4. The number of nitrogens with one attached hydrogen (secondary N) is 1. The van der Waals surface area contributed by atoms with E-state index in [1.807, 2.05) is 6.07 Å². The van der Waals surface area contributed by atoms with Gasteiger partial charge in [0.1, 0.15) is 0 Å². The fourth-order valence-electron chi connectivity index (χ4n) is 1.42. The fraction of sp³-hybridized carbons (Fsp3) is 0. The van der Waals surface area contributed by atoms with Gasteiger partial charge in [0.15, 0.2) is 0 Å². The molecule has 0 atom stereocenters. The summed E-state index contributed by atoms with van der Waals surface area (Å²) in [4.78, 5) is 22.3. The van der Waals surface area contributed by atoms with Gasteiger partial charge < -0.3 is 0 Å². The second kappa shape index (κ2) is 6.40. The van der Waals surface area contributed by atoms with E-state index in [9.17, 15) is 14.9 Å². The topological polar surface area (TPSA) is 108 Å². The first-order chi connectivity index (χ1) is 10.1. The van der Waals surface area contributed by atoms with Crippen LogP contribution in [0.3, 0.4) is 0 Å². The predicted octanol–water partition coefficient (Wildman–Crippen LogP) is 2.29. The van der Waals surface area contributed by atoms with E-state index in [0.717, 1.165) is 11.3 Å². The monoisotopic (exact) mass is 300 g/mol. The van der Waals surface area contributed by atoms with Gasteiger partial charge in [0.05, 0.1) is 27.6 Å². The molecular formula is C13H8N4O3S. The number of carbonyl (C=O) groups excluding carboxylic acids is 1. The van der Waals surface area contributed by atoms with E-state index in [-0.39, 0.29) is 5.00 Å². The van der Waals surface area contributed by atoms with Crippen LogP contribution in [0.4, 0.5) is 5.00 Å². The second-order valence-electron chi connectivity index (χ2n) is 3.82. The molecule has 0 bridgehead atoms.